The summed E-state index contributed by atoms with van der Waals surface area (Å²) in [6.45, 7) is 2.46. The topological polar surface area (TPSA) is 79.2 Å². The van der Waals surface area contributed by atoms with Gasteiger partial charge in [-0.15, -0.1) is 0 Å². The van der Waals surface area contributed by atoms with Gasteiger partial charge in [-0.05, 0) is 110 Å². The molecule has 3 aromatic rings. The Labute approximate surface area is 228 Å². The molecule has 10 heteroatoms. The number of thioether (sulfide) groups is 1. The molecule has 0 aliphatic carbocycles. The first-order valence-electron chi connectivity index (χ1n) is 10.7. The lowest BCUT2D eigenvalue weighted by atomic mass is 10.2. The molecule has 6 nitrogen and oxygen atoms in total. The van der Waals surface area contributed by atoms with Crippen LogP contribution in [0, 0.1) is 5.82 Å². The summed E-state index contributed by atoms with van der Waals surface area (Å²) in [5, 5.41) is 9.70. The van der Waals surface area contributed by atoms with Gasteiger partial charge >= 0.3 is 5.97 Å². The number of carboxylic acids is 1. The molecular weight excluding hydrogens is 615 g/mol. The van der Waals surface area contributed by atoms with Crippen molar-refractivity contribution in [1.82, 2.24) is 4.90 Å². The molecule has 0 unspecified atom stereocenters. The van der Waals surface area contributed by atoms with E-state index < -0.39 is 5.97 Å². The average Bonchev–Trinajstić information content (AvgIpc) is 3.12. The minimum absolute atomic E-state index is 0.124. The number of aromatic carboxylic acids is 1. The van der Waals surface area contributed by atoms with Crippen LogP contribution in [0.15, 0.2) is 79.5 Å². The lowest BCUT2D eigenvalue weighted by molar-refractivity contribution is -0.122. The van der Waals surface area contributed by atoms with E-state index in [1.54, 1.807) is 35.2 Å². The summed E-state index contributed by atoms with van der Waals surface area (Å²) in [4.78, 5) is 30.8. The van der Waals surface area contributed by atoms with E-state index in [1.165, 1.54) is 36.0 Å². The van der Waals surface area contributed by atoms with Crippen LogP contribution in [0.4, 0.5) is 10.1 Å². The van der Waals surface area contributed by atoms with E-state index >= 15 is 0 Å². The van der Waals surface area contributed by atoms with Crippen LogP contribution in [0.3, 0.4) is 0 Å². The standard InChI is InChI=1S/C26H19Br2FN2O4S/c1-2-31-24(32)22(36-26(31)30-19-8-4-6-17(13-19)25(33)34)12-16-10-20(27)23(21(28)11-16)35-14-15-5-3-7-18(29)9-15/h3-13H,2,14H2,1H3,(H,33,34). The van der Waals surface area contributed by atoms with Gasteiger partial charge in [-0.3, -0.25) is 9.69 Å². The van der Waals surface area contributed by atoms with Gasteiger partial charge in [0.1, 0.15) is 18.2 Å². The Morgan fingerprint density at radius 2 is 1.86 bits per heavy atom. The maximum absolute atomic E-state index is 13.4. The number of carboxylic acid groups (broad SMARTS) is 1. The summed E-state index contributed by atoms with van der Waals surface area (Å²) in [6, 6.07) is 16.1. The number of carbonyl (C=O) groups excluding carboxylic acids is 1. The van der Waals surface area contributed by atoms with Gasteiger partial charge in [-0.25, -0.2) is 14.2 Å². The quantitative estimate of drug-likeness (QED) is 0.277. The van der Waals surface area contributed by atoms with Crippen molar-refractivity contribution in [2.45, 2.75) is 13.5 Å². The van der Waals surface area contributed by atoms with Gasteiger partial charge in [0, 0.05) is 6.54 Å². The molecule has 1 fully saturated rings. The number of amidine groups is 1. The summed E-state index contributed by atoms with van der Waals surface area (Å²) in [6.07, 6.45) is 1.76. The molecule has 4 rings (SSSR count). The lowest BCUT2D eigenvalue weighted by Gasteiger charge is -2.12. The largest absolute Gasteiger partial charge is 0.487 e. The lowest BCUT2D eigenvalue weighted by Crippen LogP contribution is -2.28. The predicted molar refractivity (Wildman–Crippen MR) is 146 cm³/mol. The molecule has 1 amide bonds. The van der Waals surface area contributed by atoms with Crippen molar-refractivity contribution >= 4 is 72.4 Å². The number of hydrogen-bond acceptors (Lipinski definition) is 5. The van der Waals surface area contributed by atoms with Crippen LogP contribution in [-0.4, -0.2) is 33.6 Å². The molecule has 1 aliphatic rings. The van der Waals surface area contributed by atoms with Crippen molar-refractivity contribution in [1.29, 1.82) is 0 Å². The molecule has 36 heavy (non-hydrogen) atoms. The minimum Gasteiger partial charge on any atom is -0.487 e. The maximum atomic E-state index is 13.4. The van der Waals surface area contributed by atoms with Gasteiger partial charge in [0.2, 0.25) is 0 Å². The molecule has 0 atom stereocenters. The molecule has 1 saturated heterocycles. The average molecular weight is 634 g/mol. The number of amides is 1. The summed E-state index contributed by atoms with van der Waals surface area (Å²) in [7, 11) is 0. The van der Waals surface area contributed by atoms with Crippen LogP contribution < -0.4 is 4.74 Å². The molecule has 0 saturated carbocycles. The van der Waals surface area contributed by atoms with Crippen molar-refractivity contribution in [3.8, 4) is 5.75 Å². The predicted octanol–water partition coefficient (Wildman–Crippen LogP) is 7.25. The van der Waals surface area contributed by atoms with Gasteiger partial charge in [0.15, 0.2) is 5.17 Å². The Bertz CT molecular complexity index is 1390. The summed E-state index contributed by atoms with van der Waals surface area (Å²) < 4.78 is 20.7. The molecule has 184 valence electrons. The van der Waals surface area contributed by atoms with Crippen molar-refractivity contribution in [2.75, 3.05) is 6.54 Å². The van der Waals surface area contributed by atoms with Gasteiger partial charge in [-0.1, -0.05) is 18.2 Å². The Morgan fingerprint density at radius 3 is 2.53 bits per heavy atom. The number of rotatable bonds is 7. The molecular formula is C26H19Br2FN2O4S. The smallest absolute Gasteiger partial charge is 0.335 e. The molecule has 0 bridgehead atoms. The number of benzene rings is 3. The third-order valence-corrected chi connectivity index (χ3v) is 7.30. The zero-order valence-corrected chi connectivity index (χ0v) is 22.9. The molecule has 1 heterocycles. The number of aliphatic imine (C=N–C) groups is 1. The Kier molecular flexibility index (Phi) is 8.28. The first-order valence-corrected chi connectivity index (χ1v) is 13.1. The van der Waals surface area contributed by atoms with Crippen LogP contribution in [-0.2, 0) is 11.4 Å². The van der Waals surface area contributed by atoms with Crippen molar-refractivity contribution < 1.29 is 23.8 Å². The monoisotopic (exact) mass is 632 g/mol. The summed E-state index contributed by atoms with van der Waals surface area (Å²) >= 11 is 8.26. The number of hydrogen-bond donors (Lipinski definition) is 1. The highest BCUT2D eigenvalue weighted by atomic mass is 79.9. The molecule has 1 N–H and O–H groups in total. The van der Waals surface area contributed by atoms with Crippen LogP contribution >= 0.6 is 43.6 Å². The second-order valence-electron chi connectivity index (χ2n) is 7.64. The van der Waals surface area contributed by atoms with E-state index in [2.05, 4.69) is 36.9 Å². The molecule has 3 aromatic carbocycles. The first-order chi connectivity index (χ1) is 17.2. The molecule has 0 aromatic heterocycles. The highest BCUT2D eigenvalue weighted by Crippen LogP contribution is 2.38. The van der Waals surface area contributed by atoms with Crippen molar-refractivity contribution in [2.24, 2.45) is 4.99 Å². The van der Waals surface area contributed by atoms with Crippen LogP contribution in [0.2, 0.25) is 0 Å². The van der Waals surface area contributed by atoms with Crippen molar-refractivity contribution in [3.05, 3.63) is 97.0 Å². The van der Waals surface area contributed by atoms with Gasteiger partial charge in [0.05, 0.1) is 25.1 Å². The van der Waals surface area contributed by atoms with Crippen LogP contribution in [0.1, 0.15) is 28.4 Å². The van der Waals surface area contributed by atoms with E-state index in [0.29, 0.717) is 42.6 Å². The fourth-order valence-corrected chi connectivity index (χ4v) is 5.94. The van der Waals surface area contributed by atoms with Gasteiger partial charge in [0.25, 0.3) is 5.91 Å². The SMILES string of the molecule is CCN1C(=O)C(=Cc2cc(Br)c(OCc3cccc(F)c3)c(Br)c2)SC1=Nc1cccc(C(=O)O)c1. The van der Waals surface area contributed by atoms with Gasteiger partial charge < -0.3 is 9.84 Å². The third-order valence-electron chi connectivity index (χ3n) is 5.11. The zero-order chi connectivity index (χ0) is 25.8. The normalized spacial score (nSPS) is 15.7. The van der Waals surface area contributed by atoms with E-state index in [4.69, 9.17) is 4.74 Å². The van der Waals surface area contributed by atoms with Crippen LogP contribution in [0.25, 0.3) is 6.08 Å². The molecule has 0 spiro atoms. The summed E-state index contributed by atoms with van der Waals surface area (Å²) in [5.74, 6) is -0.995. The summed E-state index contributed by atoms with van der Waals surface area (Å²) in [5.41, 5.74) is 2.04. The number of nitrogens with zero attached hydrogens (tertiary/aromatic N) is 2. The van der Waals surface area contributed by atoms with E-state index in [0.717, 1.165) is 5.56 Å². The number of halogens is 3. The minimum atomic E-state index is -1.04. The Balaban J connectivity index is 1.57. The molecule has 1 aliphatic heterocycles. The van der Waals surface area contributed by atoms with E-state index in [1.807, 2.05) is 19.1 Å². The van der Waals surface area contributed by atoms with E-state index in [-0.39, 0.29) is 23.9 Å². The number of ether oxygens (including phenoxy) is 1. The number of likely N-dealkylation sites (N-methyl/N-ethyl adjacent to an activating group) is 1. The van der Waals surface area contributed by atoms with E-state index in [9.17, 15) is 19.1 Å². The second kappa shape index (κ2) is 11.4. The van der Waals surface area contributed by atoms with Crippen LogP contribution in [0.5, 0.6) is 5.75 Å². The second-order valence-corrected chi connectivity index (χ2v) is 10.4. The maximum Gasteiger partial charge on any atom is 0.335 e. The fraction of sp³-hybridized carbons (Fsp3) is 0.115. The third kappa shape index (κ3) is 6.05. The Morgan fingerprint density at radius 1 is 1.14 bits per heavy atom. The molecule has 0 radical (unpaired) electrons. The van der Waals surface area contributed by atoms with Gasteiger partial charge in [-0.2, -0.15) is 0 Å². The fourth-order valence-electron chi connectivity index (χ4n) is 3.42. The first kappa shape index (κ1) is 26.1. The van der Waals surface area contributed by atoms with Crippen molar-refractivity contribution in [3.63, 3.8) is 0 Å². The zero-order valence-electron chi connectivity index (χ0n) is 18.9. The number of carbonyl (C=O) groups is 2. The highest BCUT2D eigenvalue weighted by molar-refractivity contribution is 9.11. The Hall–Kier alpha value is -2.95. The highest BCUT2D eigenvalue weighted by Gasteiger charge is 2.32.